The first kappa shape index (κ1) is 19.4. The Hall–Kier alpha value is -2.39. The topological polar surface area (TPSA) is 92.6 Å². The average molecular weight is 450 g/mol. The zero-order valence-corrected chi connectivity index (χ0v) is 17.2. The number of carbonyl (C=O) groups is 2. The second-order valence-electron chi connectivity index (χ2n) is 5.91. The number of imide groups is 1. The molecule has 1 saturated heterocycles. The van der Waals surface area contributed by atoms with Crippen LogP contribution in [-0.2, 0) is 4.79 Å². The Morgan fingerprint density at radius 3 is 2.56 bits per heavy atom. The molecule has 1 aromatic carbocycles. The fourth-order valence-corrected chi connectivity index (χ4v) is 3.59. The molecule has 1 aromatic heterocycles. The number of phenolic OH excluding ortho intramolecular Hbond substituents is 1. The van der Waals surface area contributed by atoms with Gasteiger partial charge in [0.05, 0.1) is 4.91 Å². The Bertz CT molecular complexity index is 946. The zero-order chi connectivity index (χ0) is 19.7. The molecule has 9 heteroatoms. The lowest BCUT2D eigenvalue weighted by Gasteiger charge is -2.16. The van der Waals surface area contributed by atoms with E-state index in [0.717, 1.165) is 22.2 Å². The largest absolute Gasteiger partial charge is 0.504 e. The number of thioether (sulfide) groups is 1. The molecule has 140 valence electrons. The molecule has 1 N–H and O–H groups in total. The van der Waals surface area contributed by atoms with E-state index in [4.69, 9.17) is 4.74 Å². The van der Waals surface area contributed by atoms with Gasteiger partial charge in [0.15, 0.2) is 11.5 Å². The van der Waals surface area contributed by atoms with Gasteiger partial charge in [0, 0.05) is 29.5 Å². The number of aromatic hydroxyl groups is 1. The maximum absolute atomic E-state index is 12.1. The number of hydrogen-bond acceptors (Lipinski definition) is 7. The molecule has 1 aliphatic heterocycles. The van der Waals surface area contributed by atoms with Crippen molar-refractivity contribution in [1.82, 2.24) is 14.9 Å². The molecule has 2 amide bonds. The number of aromatic nitrogens is 2. The van der Waals surface area contributed by atoms with Gasteiger partial charge < -0.3 is 9.84 Å². The minimum absolute atomic E-state index is 0.0532. The molecule has 3 rings (SSSR count). The van der Waals surface area contributed by atoms with Crippen molar-refractivity contribution in [3.63, 3.8) is 0 Å². The van der Waals surface area contributed by atoms with Gasteiger partial charge in [-0.05, 0) is 49.4 Å². The van der Waals surface area contributed by atoms with E-state index in [9.17, 15) is 14.7 Å². The highest BCUT2D eigenvalue weighted by Crippen LogP contribution is 2.38. The number of halogens is 1. The van der Waals surface area contributed by atoms with Gasteiger partial charge in [0.2, 0.25) is 0 Å². The summed E-state index contributed by atoms with van der Waals surface area (Å²) < 4.78 is 6.42. The van der Waals surface area contributed by atoms with Crippen molar-refractivity contribution >= 4 is 44.9 Å². The lowest BCUT2D eigenvalue weighted by molar-refractivity contribution is -0.121. The van der Waals surface area contributed by atoms with E-state index in [1.165, 1.54) is 13.1 Å². The quantitative estimate of drug-likeness (QED) is 0.703. The third kappa shape index (κ3) is 4.14. The third-order valence-electron chi connectivity index (χ3n) is 3.93. The van der Waals surface area contributed by atoms with Crippen LogP contribution in [0.15, 0.2) is 33.9 Å². The molecule has 1 aliphatic rings. The molecular weight excluding hydrogens is 434 g/mol. The molecule has 2 aromatic rings. The summed E-state index contributed by atoms with van der Waals surface area (Å²) in [6, 6.07) is 3.09. The van der Waals surface area contributed by atoms with Crippen LogP contribution >= 0.6 is 27.7 Å². The number of rotatable bonds is 4. The Balaban J connectivity index is 1.89. The standard InChI is InChI=1S/C18H16BrN3O4S/c1-9(12-7-20-10(2)21-8-12)26-15-4-11(13(19)6-14(15)23)5-16-17(24)22(3)18(25)27-16/h4-9,23H,1-3H3/b16-5-. The van der Waals surface area contributed by atoms with Gasteiger partial charge in [-0.1, -0.05) is 15.9 Å². The smallest absolute Gasteiger partial charge is 0.293 e. The van der Waals surface area contributed by atoms with E-state index < -0.39 is 6.10 Å². The Morgan fingerprint density at radius 1 is 1.30 bits per heavy atom. The van der Waals surface area contributed by atoms with Crippen molar-refractivity contribution in [2.45, 2.75) is 20.0 Å². The lowest BCUT2D eigenvalue weighted by atomic mass is 10.1. The molecule has 0 spiro atoms. The molecule has 0 radical (unpaired) electrons. The fourth-order valence-electron chi connectivity index (χ4n) is 2.32. The van der Waals surface area contributed by atoms with Crippen LogP contribution in [0.4, 0.5) is 4.79 Å². The van der Waals surface area contributed by atoms with Crippen LogP contribution in [0.2, 0.25) is 0 Å². The van der Waals surface area contributed by atoms with Crippen molar-refractivity contribution in [3.8, 4) is 11.5 Å². The number of nitrogens with zero attached hydrogens (tertiary/aromatic N) is 3. The Morgan fingerprint density at radius 2 is 1.96 bits per heavy atom. The Kier molecular flexibility index (Phi) is 5.52. The van der Waals surface area contributed by atoms with Crippen LogP contribution in [-0.4, -0.2) is 38.2 Å². The minimum Gasteiger partial charge on any atom is -0.504 e. The van der Waals surface area contributed by atoms with Gasteiger partial charge in [-0.15, -0.1) is 0 Å². The van der Waals surface area contributed by atoms with Gasteiger partial charge in [-0.2, -0.15) is 0 Å². The molecule has 1 fully saturated rings. The summed E-state index contributed by atoms with van der Waals surface area (Å²) in [5.74, 6) is 0.484. The van der Waals surface area contributed by atoms with E-state index in [2.05, 4.69) is 25.9 Å². The van der Waals surface area contributed by atoms with E-state index in [1.807, 2.05) is 6.92 Å². The first-order valence-electron chi connectivity index (χ1n) is 7.95. The monoisotopic (exact) mass is 449 g/mol. The van der Waals surface area contributed by atoms with Gasteiger partial charge in [-0.3, -0.25) is 14.5 Å². The van der Waals surface area contributed by atoms with Crippen LogP contribution in [0, 0.1) is 6.92 Å². The van der Waals surface area contributed by atoms with E-state index in [-0.39, 0.29) is 22.6 Å². The first-order chi connectivity index (χ1) is 12.8. The molecule has 2 heterocycles. The lowest BCUT2D eigenvalue weighted by Crippen LogP contribution is -2.22. The van der Waals surface area contributed by atoms with Crippen molar-refractivity contribution in [1.29, 1.82) is 0 Å². The Labute approximate surface area is 168 Å². The molecule has 1 atom stereocenters. The number of amides is 2. The molecule has 27 heavy (non-hydrogen) atoms. The third-order valence-corrected chi connectivity index (χ3v) is 5.57. The second kappa shape index (κ2) is 7.69. The SMILES string of the molecule is Cc1ncc(C(C)Oc2cc(/C=C3\SC(=O)N(C)C3=O)c(Br)cc2O)cn1. The van der Waals surface area contributed by atoms with E-state index >= 15 is 0 Å². The summed E-state index contributed by atoms with van der Waals surface area (Å²) in [5, 5.41) is 9.88. The summed E-state index contributed by atoms with van der Waals surface area (Å²) in [6.07, 6.45) is 4.53. The molecule has 0 saturated carbocycles. The number of ether oxygens (including phenoxy) is 1. The minimum atomic E-state index is -0.395. The van der Waals surface area contributed by atoms with Crippen molar-refractivity contribution < 1.29 is 19.4 Å². The number of hydrogen-bond donors (Lipinski definition) is 1. The highest BCUT2D eigenvalue weighted by Gasteiger charge is 2.32. The number of phenols is 1. The van der Waals surface area contributed by atoms with Crippen LogP contribution < -0.4 is 4.74 Å². The summed E-state index contributed by atoms with van der Waals surface area (Å²) >= 11 is 4.22. The van der Waals surface area contributed by atoms with Crippen LogP contribution in [0.25, 0.3) is 6.08 Å². The summed E-state index contributed by atoms with van der Waals surface area (Å²) in [5.41, 5.74) is 1.37. The van der Waals surface area contributed by atoms with E-state index in [1.54, 1.807) is 31.5 Å². The fraction of sp³-hybridized carbons (Fsp3) is 0.222. The van der Waals surface area contributed by atoms with Gasteiger partial charge >= 0.3 is 0 Å². The highest BCUT2D eigenvalue weighted by atomic mass is 79.9. The maximum atomic E-state index is 12.1. The second-order valence-corrected chi connectivity index (χ2v) is 7.75. The molecule has 7 nitrogen and oxygen atoms in total. The molecule has 1 unspecified atom stereocenters. The number of likely N-dealkylation sites (N-methyl/N-ethyl adjacent to an activating group) is 1. The van der Waals surface area contributed by atoms with Crippen LogP contribution in [0.5, 0.6) is 11.5 Å². The summed E-state index contributed by atoms with van der Waals surface area (Å²) in [6.45, 7) is 3.61. The van der Waals surface area contributed by atoms with Gasteiger partial charge in [-0.25, -0.2) is 9.97 Å². The maximum Gasteiger partial charge on any atom is 0.293 e. The summed E-state index contributed by atoms with van der Waals surface area (Å²) in [4.78, 5) is 33.4. The number of aryl methyl sites for hydroxylation is 1. The zero-order valence-electron chi connectivity index (χ0n) is 14.8. The van der Waals surface area contributed by atoms with Gasteiger partial charge in [0.25, 0.3) is 11.1 Å². The van der Waals surface area contributed by atoms with Gasteiger partial charge in [0.1, 0.15) is 11.9 Å². The normalized spacial score (nSPS) is 16.9. The number of benzene rings is 1. The predicted molar refractivity (Wildman–Crippen MR) is 105 cm³/mol. The highest BCUT2D eigenvalue weighted by molar-refractivity contribution is 9.10. The van der Waals surface area contributed by atoms with Crippen LogP contribution in [0.1, 0.15) is 30.0 Å². The predicted octanol–water partition coefficient (Wildman–Crippen LogP) is 4.06. The van der Waals surface area contributed by atoms with Crippen molar-refractivity contribution in [3.05, 3.63) is 50.9 Å². The summed E-state index contributed by atoms with van der Waals surface area (Å²) in [7, 11) is 1.43. The number of carbonyl (C=O) groups excluding carboxylic acids is 2. The first-order valence-corrected chi connectivity index (χ1v) is 9.56. The van der Waals surface area contributed by atoms with Crippen molar-refractivity contribution in [2.75, 3.05) is 7.05 Å². The average Bonchev–Trinajstić information content (AvgIpc) is 2.86. The molecule has 0 bridgehead atoms. The van der Waals surface area contributed by atoms with E-state index in [0.29, 0.717) is 20.8 Å². The molecule has 0 aliphatic carbocycles. The van der Waals surface area contributed by atoms with Crippen molar-refractivity contribution in [2.24, 2.45) is 0 Å². The van der Waals surface area contributed by atoms with Crippen LogP contribution in [0.3, 0.4) is 0 Å². The molecular formula is C18H16BrN3O4S.